The maximum atomic E-state index is 12.4. The van der Waals surface area contributed by atoms with E-state index in [1.807, 2.05) is 47.4 Å². The van der Waals surface area contributed by atoms with Crippen molar-refractivity contribution in [1.29, 1.82) is 0 Å². The topological polar surface area (TPSA) is 42.0 Å². The fourth-order valence-electron chi connectivity index (χ4n) is 3.27. The van der Waals surface area contributed by atoms with Crippen LogP contribution in [0.25, 0.3) is 0 Å². The van der Waals surface area contributed by atoms with Gasteiger partial charge in [0, 0.05) is 32.7 Å². The lowest BCUT2D eigenvalue weighted by Gasteiger charge is -2.34. The minimum atomic E-state index is 0.179. The SMILES string of the molecule is COc1cccc(CCN2CCN(C(=O)CCOc3ccccc3)CC2)c1. The zero-order valence-corrected chi connectivity index (χ0v) is 16.0. The van der Waals surface area contributed by atoms with Crippen LogP contribution in [0.5, 0.6) is 11.5 Å². The first-order valence-corrected chi connectivity index (χ1v) is 9.55. The number of para-hydroxylation sites is 1. The number of rotatable bonds is 8. The molecule has 1 fully saturated rings. The van der Waals surface area contributed by atoms with E-state index in [1.54, 1.807) is 7.11 Å². The van der Waals surface area contributed by atoms with E-state index in [-0.39, 0.29) is 5.91 Å². The molecule has 0 spiro atoms. The third-order valence-corrected chi connectivity index (χ3v) is 4.90. The Labute approximate surface area is 161 Å². The van der Waals surface area contributed by atoms with Gasteiger partial charge in [-0.15, -0.1) is 0 Å². The number of hydrogen-bond donors (Lipinski definition) is 0. The summed E-state index contributed by atoms with van der Waals surface area (Å²) >= 11 is 0. The standard InChI is InChI=1S/C22H28N2O3/c1-26-21-9-5-6-19(18-21)10-12-23-13-15-24(16-14-23)22(25)11-17-27-20-7-3-2-4-8-20/h2-9,18H,10-17H2,1H3. The molecule has 0 unspecified atom stereocenters. The van der Waals surface area contributed by atoms with E-state index in [4.69, 9.17) is 9.47 Å². The van der Waals surface area contributed by atoms with Gasteiger partial charge in [0.1, 0.15) is 11.5 Å². The van der Waals surface area contributed by atoms with Crippen molar-refractivity contribution in [3.8, 4) is 11.5 Å². The molecule has 1 aliphatic rings. The first kappa shape index (κ1) is 19.2. The Kier molecular flexibility index (Phi) is 7.11. The van der Waals surface area contributed by atoms with Crippen molar-refractivity contribution in [3.05, 3.63) is 60.2 Å². The van der Waals surface area contributed by atoms with E-state index >= 15 is 0 Å². The fraction of sp³-hybridized carbons (Fsp3) is 0.409. The monoisotopic (exact) mass is 368 g/mol. The quantitative estimate of drug-likeness (QED) is 0.719. The van der Waals surface area contributed by atoms with Crippen LogP contribution in [0.1, 0.15) is 12.0 Å². The first-order valence-electron chi connectivity index (χ1n) is 9.55. The summed E-state index contributed by atoms with van der Waals surface area (Å²) < 4.78 is 10.9. The lowest BCUT2D eigenvalue weighted by atomic mass is 10.1. The van der Waals surface area contributed by atoms with Crippen molar-refractivity contribution >= 4 is 5.91 Å². The van der Waals surface area contributed by atoms with E-state index in [0.29, 0.717) is 13.0 Å². The van der Waals surface area contributed by atoms with Gasteiger partial charge >= 0.3 is 0 Å². The van der Waals surface area contributed by atoms with Gasteiger partial charge in [-0.1, -0.05) is 30.3 Å². The second-order valence-corrected chi connectivity index (χ2v) is 6.74. The molecule has 144 valence electrons. The zero-order chi connectivity index (χ0) is 18.9. The van der Waals surface area contributed by atoms with E-state index in [1.165, 1.54) is 5.56 Å². The molecule has 0 atom stereocenters. The lowest BCUT2D eigenvalue weighted by Crippen LogP contribution is -2.49. The highest BCUT2D eigenvalue weighted by Crippen LogP contribution is 2.14. The van der Waals surface area contributed by atoms with Crippen LogP contribution in [-0.4, -0.2) is 62.1 Å². The predicted molar refractivity (Wildman–Crippen MR) is 106 cm³/mol. The minimum absolute atomic E-state index is 0.179. The van der Waals surface area contributed by atoms with Crippen molar-refractivity contribution in [2.45, 2.75) is 12.8 Å². The summed E-state index contributed by atoms with van der Waals surface area (Å²) in [5.41, 5.74) is 1.28. The third kappa shape index (κ3) is 6.00. The minimum Gasteiger partial charge on any atom is -0.497 e. The van der Waals surface area contributed by atoms with Crippen LogP contribution >= 0.6 is 0 Å². The van der Waals surface area contributed by atoms with Crippen LogP contribution in [0.3, 0.4) is 0 Å². The molecule has 1 aliphatic heterocycles. The number of methoxy groups -OCH3 is 1. The molecule has 2 aromatic carbocycles. The van der Waals surface area contributed by atoms with Crippen molar-refractivity contribution in [1.82, 2.24) is 9.80 Å². The molecule has 1 amide bonds. The van der Waals surface area contributed by atoms with Gasteiger partial charge in [0.15, 0.2) is 0 Å². The van der Waals surface area contributed by atoms with Crippen LogP contribution in [0.4, 0.5) is 0 Å². The number of ether oxygens (including phenoxy) is 2. The van der Waals surface area contributed by atoms with Gasteiger partial charge in [-0.3, -0.25) is 9.69 Å². The normalized spacial score (nSPS) is 14.8. The van der Waals surface area contributed by atoms with Crippen LogP contribution in [-0.2, 0) is 11.2 Å². The van der Waals surface area contributed by atoms with E-state index in [2.05, 4.69) is 17.0 Å². The van der Waals surface area contributed by atoms with E-state index in [9.17, 15) is 4.79 Å². The molecular formula is C22H28N2O3. The van der Waals surface area contributed by atoms with Gasteiger partial charge in [0.05, 0.1) is 20.1 Å². The average Bonchev–Trinajstić information content (AvgIpc) is 2.73. The van der Waals surface area contributed by atoms with Gasteiger partial charge in [0.25, 0.3) is 0 Å². The third-order valence-electron chi connectivity index (χ3n) is 4.90. The van der Waals surface area contributed by atoms with Gasteiger partial charge < -0.3 is 14.4 Å². The molecule has 2 aromatic rings. The van der Waals surface area contributed by atoms with Gasteiger partial charge in [0.2, 0.25) is 5.91 Å². The fourth-order valence-corrected chi connectivity index (χ4v) is 3.27. The number of carbonyl (C=O) groups is 1. The summed E-state index contributed by atoms with van der Waals surface area (Å²) in [6.45, 7) is 4.88. The highest BCUT2D eigenvalue weighted by molar-refractivity contribution is 5.76. The largest absolute Gasteiger partial charge is 0.497 e. The highest BCUT2D eigenvalue weighted by Gasteiger charge is 2.20. The van der Waals surface area contributed by atoms with Crippen LogP contribution < -0.4 is 9.47 Å². The smallest absolute Gasteiger partial charge is 0.226 e. The Bertz CT molecular complexity index is 713. The molecule has 0 radical (unpaired) electrons. The molecule has 0 aromatic heterocycles. The number of hydrogen-bond acceptors (Lipinski definition) is 4. The Morgan fingerprint density at radius 1 is 0.963 bits per heavy atom. The molecule has 1 heterocycles. The maximum absolute atomic E-state index is 12.4. The second kappa shape index (κ2) is 9.97. The molecule has 3 rings (SSSR count). The van der Waals surface area contributed by atoms with Crippen LogP contribution in [0.2, 0.25) is 0 Å². The van der Waals surface area contributed by atoms with Gasteiger partial charge in [-0.2, -0.15) is 0 Å². The Balaban J connectivity index is 1.35. The van der Waals surface area contributed by atoms with Crippen LogP contribution in [0.15, 0.2) is 54.6 Å². The highest BCUT2D eigenvalue weighted by atomic mass is 16.5. The summed E-state index contributed by atoms with van der Waals surface area (Å²) in [4.78, 5) is 16.7. The molecule has 0 saturated carbocycles. The first-order chi connectivity index (χ1) is 13.2. The summed E-state index contributed by atoms with van der Waals surface area (Å²) in [6.07, 6.45) is 1.43. The molecular weight excluding hydrogens is 340 g/mol. The van der Waals surface area contributed by atoms with Gasteiger partial charge in [-0.25, -0.2) is 0 Å². The van der Waals surface area contributed by atoms with Crippen molar-refractivity contribution in [2.75, 3.05) is 46.4 Å². The van der Waals surface area contributed by atoms with Crippen molar-refractivity contribution < 1.29 is 14.3 Å². The Hall–Kier alpha value is -2.53. The van der Waals surface area contributed by atoms with Gasteiger partial charge in [-0.05, 0) is 36.2 Å². The number of benzene rings is 2. The Morgan fingerprint density at radius 2 is 1.70 bits per heavy atom. The summed E-state index contributed by atoms with van der Waals surface area (Å²) in [5, 5.41) is 0. The van der Waals surface area contributed by atoms with Crippen molar-refractivity contribution in [2.24, 2.45) is 0 Å². The number of amides is 1. The van der Waals surface area contributed by atoms with E-state index in [0.717, 1.165) is 50.6 Å². The number of nitrogens with zero attached hydrogens (tertiary/aromatic N) is 2. The molecule has 1 saturated heterocycles. The second-order valence-electron chi connectivity index (χ2n) is 6.74. The Morgan fingerprint density at radius 3 is 2.44 bits per heavy atom. The molecule has 0 aliphatic carbocycles. The zero-order valence-electron chi connectivity index (χ0n) is 16.0. The number of piperazine rings is 1. The predicted octanol–water partition coefficient (Wildman–Crippen LogP) is 2.85. The molecule has 27 heavy (non-hydrogen) atoms. The molecule has 0 bridgehead atoms. The van der Waals surface area contributed by atoms with Crippen LogP contribution in [0, 0.1) is 0 Å². The molecule has 0 N–H and O–H groups in total. The summed E-state index contributed by atoms with van der Waals surface area (Å²) in [5.74, 6) is 1.90. The lowest BCUT2D eigenvalue weighted by molar-refractivity contribution is -0.133. The molecule has 5 heteroatoms. The molecule has 5 nitrogen and oxygen atoms in total. The summed E-state index contributed by atoms with van der Waals surface area (Å²) in [6, 6.07) is 17.9. The number of carbonyl (C=O) groups excluding carboxylic acids is 1. The van der Waals surface area contributed by atoms with Crippen molar-refractivity contribution in [3.63, 3.8) is 0 Å². The maximum Gasteiger partial charge on any atom is 0.226 e. The summed E-state index contributed by atoms with van der Waals surface area (Å²) in [7, 11) is 1.69. The van der Waals surface area contributed by atoms with E-state index < -0.39 is 0 Å². The average molecular weight is 368 g/mol.